The van der Waals surface area contributed by atoms with E-state index in [1.807, 2.05) is 44.2 Å². The molecule has 1 N–H and O–H groups in total. The van der Waals surface area contributed by atoms with Crippen LogP contribution in [0.1, 0.15) is 22.3 Å². The third-order valence-electron chi connectivity index (χ3n) is 7.33. The first kappa shape index (κ1) is 33.3. The van der Waals surface area contributed by atoms with Gasteiger partial charge in [0.2, 0.25) is 11.8 Å². The Kier molecular flexibility index (Phi) is 11.0. The number of carbonyl (C=O) groups is 2. The first-order chi connectivity index (χ1) is 20.9. The fourth-order valence-corrected chi connectivity index (χ4v) is 6.70. The fourth-order valence-electron chi connectivity index (χ4n) is 4.70. The van der Waals surface area contributed by atoms with Crippen LogP contribution in [0.2, 0.25) is 15.1 Å². The number of carbonyl (C=O) groups excluding carboxylic acids is 2. The Balaban J connectivity index is 1.82. The summed E-state index contributed by atoms with van der Waals surface area (Å²) in [6, 6.07) is 24.1. The Labute approximate surface area is 273 Å². The summed E-state index contributed by atoms with van der Waals surface area (Å²) in [6.07, 6.45) is 0.186. The van der Waals surface area contributed by atoms with Crippen molar-refractivity contribution >= 4 is 62.3 Å². The van der Waals surface area contributed by atoms with E-state index < -0.39 is 34.4 Å². The quantitative estimate of drug-likeness (QED) is 0.189. The molecule has 0 fully saturated rings. The minimum absolute atomic E-state index is 0.0349. The molecule has 0 radical (unpaired) electrons. The summed E-state index contributed by atoms with van der Waals surface area (Å²) in [6.45, 7) is 3.13. The van der Waals surface area contributed by atoms with Gasteiger partial charge in [0.15, 0.2) is 0 Å². The van der Waals surface area contributed by atoms with Crippen LogP contribution in [0.25, 0.3) is 0 Å². The van der Waals surface area contributed by atoms with E-state index in [9.17, 15) is 18.0 Å². The molecule has 0 saturated carbocycles. The lowest BCUT2D eigenvalue weighted by atomic mass is 10.0. The van der Waals surface area contributed by atoms with Crippen molar-refractivity contribution in [1.29, 1.82) is 0 Å². The molecule has 0 heterocycles. The van der Waals surface area contributed by atoms with Gasteiger partial charge in [-0.1, -0.05) is 77.3 Å². The maximum atomic E-state index is 14.4. The molecule has 0 aliphatic heterocycles. The van der Waals surface area contributed by atoms with Gasteiger partial charge in [0.25, 0.3) is 10.0 Å². The molecule has 0 aliphatic rings. The van der Waals surface area contributed by atoms with Crippen LogP contribution in [-0.4, -0.2) is 44.8 Å². The van der Waals surface area contributed by atoms with Gasteiger partial charge in [-0.15, -0.1) is 0 Å². The molecule has 2 amide bonds. The van der Waals surface area contributed by atoms with E-state index in [1.165, 1.54) is 36.2 Å². The number of nitrogens with one attached hydrogen (secondary N) is 1. The van der Waals surface area contributed by atoms with Gasteiger partial charge in [0.05, 0.1) is 10.6 Å². The van der Waals surface area contributed by atoms with Crippen LogP contribution in [0.3, 0.4) is 0 Å². The third-order valence-corrected chi connectivity index (χ3v) is 9.96. The smallest absolute Gasteiger partial charge is 0.264 e. The summed E-state index contributed by atoms with van der Waals surface area (Å²) in [5.74, 6) is -1.01. The fraction of sp³-hybridized carbons (Fsp3) is 0.212. The highest BCUT2D eigenvalue weighted by atomic mass is 35.5. The molecule has 0 aliphatic carbocycles. The van der Waals surface area contributed by atoms with E-state index in [0.29, 0.717) is 26.3 Å². The van der Waals surface area contributed by atoms with E-state index >= 15 is 0 Å². The Morgan fingerprint density at radius 2 is 1.48 bits per heavy atom. The molecule has 7 nitrogen and oxygen atoms in total. The summed E-state index contributed by atoms with van der Waals surface area (Å²) in [7, 11) is -2.75. The van der Waals surface area contributed by atoms with Crippen molar-refractivity contribution in [2.24, 2.45) is 0 Å². The molecule has 0 aromatic heterocycles. The van der Waals surface area contributed by atoms with Crippen LogP contribution in [0, 0.1) is 13.8 Å². The van der Waals surface area contributed by atoms with Gasteiger partial charge in [-0.05, 0) is 84.6 Å². The second-order valence-corrected chi connectivity index (χ2v) is 13.5. The first-order valence-electron chi connectivity index (χ1n) is 13.7. The van der Waals surface area contributed by atoms with Crippen LogP contribution >= 0.6 is 34.8 Å². The van der Waals surface area contributed by atoms with Crippen molar-refractivity contribution in [3.05, 3.63) is 128 Å². The van der Waals surface area contributed by atoms with Gasteiger partial charge in [-0.3, -0.25) is 13.9 Å². The van der Waals surface area contributed by atoms with Crippen molar-refractivity contribution in [1.82, 2.24) is 10.2 Å². The van der Waals surface area contributed by atoms with E-state index in [2.05, 4.69) is 5.32 Å². The SMILES string of the molecule is CNC(=O)[C@@H](Cc1ccccc1)N(Cc1ccc(Cl)cc1Cl)C(=O)CN(c1ccc(C)c(C)c1)S(=O)(=O)c1ccc(Cl)cc1. The number of sulfonamides is 1. The third kappa shape index (κ3) is 7.93. The summed E-state index contributed by atoms with van der Waals surface area (Å²) < 4.78 is 29.3. The van der Waals surface area contributed by atoms with Gasteiger partial charge < -0.3 is 10.2 Å². The highest BCUT2D eigenvalue weighted by molar-refractivity contribution is 7.92. The van der Waals surface area contributed by atoms with E-state index in [0.717, 1.165) is 21.0 Å². The highest BCUT2D eigenvalue weighted by Crippen LogP contribution is 2.29. The molecule has 0 unspecified atom stereocenters. The number of anilines is 1. The molecule has 0 bridgehead atoms. The largest absolute Gasteiger partial charge is 0.357 e. The summed E-state index contributed by atoms with van der Waals surface area (Å²) in [5.41, 5.74) is 3.49. The topological polar surface area (TPSA) is 86.8 Å². The Bertz CT molecular complexity index is 1750. The zero-order valence-corrected chi connectivity index (χ0v) is 27.5. The molecule has 230 valence electrons. The lowest BCUT2D eigenvalue weighted by molar-refractivity contribution is -0.139. The predicted molar refractivity (Wildman–Crippen MR) is 177 cm³/mol. The molecule has 0 saturated heterocycles. The molecular weight excluding hydrogens is 641 g/mol. The zero-order valence-electron chi connectivity index (χ0n) is 24.4. The average Bonchev–Trinajstić information content (AvgIpc) is 3.00. The summed E-state index contributed by atoms with van der Waals surface area (Å²) in [4.78, 5) is 29.1. The number of rotatable bonds is 11. The van der Waals surface area contributed by atoms with Gasteiger partial charge in [0.1, 0.15) is 12.6 Å². The maximum Gasteiger partial charge on any atom is 0.264 e. The van der Waals surface area contributed by atoms with Gasteiger partial charge in [-0.2, -0.15) is 0 Å². The van der Waals surface area contributed by atoms with Crippen LogP contribution in [-0.2, 0) is 32.6 Å². The van der Waals surface area contributed by atoms with Crippen molar-refractivity contribution in [3.63, 3.8) is 0 Å². The van der Waals surface area contributed by atoms with Crippen LogP contribution in [0.15, 0.2) is 95.9 Å². The highest BCUT2D eigenvalue weighted by Gasteiger charge is 2.34. The molecule has 44 heavy (non-hydrogen) atoms. The number of aryl methyl sites for hydroxylation is 2. The molecular formula is C33H32Cl3N3O4S. The van der Waals surface area contributed by atoms with E-state index in [-0.39, 0.29) is 17.9 Å². The lowest BCUT2D eigenvalue weighted by Crippen LogP contribution is -2.53. The Hall–Kier alpha value is -3.56. The number of halogens is 3. The number of hydrogen-bond acceptors (Lipinski definition) is 4. The van der Waals surface area contributed by atoms with Gasteiger partial charge in [-0.25, -0.2) is 8.42 Å². The van der Waals surface area contributed by atoms with Gasteiger partial charge in [0, 0.05) is 35.1 Å². The molecule has 4 rings (SSSR count). The summed E-state index contributed by atoms with van der Waals surface area (Å²) >= 11 is 18.7. The average molecular weight is 673 g/mol. The zero-order chi connectivity index (χ0) is 32.0. The number of benzene rings is 4. The second-order valence-electron chi connectivity index (χ2n) is 10.3. The van der Waals surface area contributed by atoms with Gasteiger partial charge >= 0.3 is 0 Å². The monoisotopic (exact) mass is 671 g/mol. The number of nitrogens with zero attached hydrogens (tertiary/aromatic N) is 2. The summed E-state index contributed by atoms with van der Waals surface area (Å²) in [5, 5.41) is 3.76. The minimum atomic E-state index is -4.24. The lowest BCUT2D eigenvalue weighted by Gasteiger charge is -2.34. The Morgan fingerprint density at radius 1 is 0.818 bits per heavy atom. The standard InChI is InChI=1S/C33H32Cl3N3O4S/c1-22-9-14-28(17-23(22)2)39(44(42,43)29-15-12-26(34)13-16-29)21-32(40)38(20-25-10-11-27(35)19-30(25)36)31(33(41)37-3)18-24-7-5-4-6-8-24/h4-17,19,31H,18,20-21H2,1-3H3,(H,37,41)/t31-/m1/s1. The van der Waals surface area contributed by atoms with Crippen molar-refractivity contribution in [2.45, 2.75) is 37.8 Å². The molecule has 4 aromatic carbocycles. The van der Waals surface area contributed by atoms with Crippen molar-refractivity contribution in [3.8, 4) is 0 Å². The van der Waals surface area contributed by atoms with Crippen molar-refractivity contribution in [2.75, 3.05) is 17.9 Å². The van der Waals surface area contributed by atoms with Crippen LogP contribution in [0.4, 0.5) is 5.69 Å². The molecule has 0 spiro atoms. The normalized spacial score (nSPS) is 12.0. The number of amides is 2. The maximum absolute atomic E-state index is 14.4. The van der Waals surface area contributed by atoms with Crippen LogP contribution < -0.4 is 9.62 Å². The Morgan fingerprint density at radius 3 is 2.09 bits per heavy atom. The predicted octanol–water partition coefficient (Wildman–Crippen LogP) is 6.85. The molecule has 11 heteroatoms. The van der Waals surface area contributed by atoms with E-state index in [1.54, 1.807) is 36.4 Å². The van der Waals surface area contributed by atoms with E-state index in [4.69, 9.17) is 34.8 Å². The molecule has 4 aromatic rings. The second kappa shape index (κ2) is 14.5. The number of likely N-dealkylation sites (N-methyl/N-ethyl adjacent to an activating group) is 1. The van der Waals surface area contributed by atoms with Crippen LogP contribution in [0.5, 0.6) is 0 Å². The first-order valence-corrected chi connectivity index (χ1v) is 16.3. The van der Waals surface area contributed by atoms with Crippen molar-refractivity contribution < 1.29 is 18.0 Å². The number of hydrogen-bond donors (Lipinski definition) is 1. The minimum Gasteiger partial charge on any atom is -0.357 e. The molecule has 1 atom stereocenters.